The first-order chi connectivity index (χ1) is 6.87. The fraction of sp³-hybridized carbons (Fsp3) is 0.455. The van der Waals surface area contributed by atoms with Crippen LogP contribution in [0.4, 0.5) is 0 Å². The Kier molecular flexibility index (Phi) is 3.29. The van der Waals surface area contributed by atoms with Crippen molar-refractivity contribution >= 4 is 12.0 Å². The number of esters is 1. The fourth-order valence-electron chi connectivity index (χ4n) is 1.01. The van der Waals surface area contributed by atoms with Crippen molar-refractivity contribution in [1.82, 2.24) is 9.55 Å². The lowest BCUT2D eigenvalue weighted by Gasteiger charge is -2.17. The lowest BCUT2D eigenvalue weighted by atomic mass is 10.2. The molecule has 0 aliphatic carbocycles. The first-order valence-electron chi connectivity index (χ1n) is 4.76. The lowest BCUT2D eigenvalue weighted by molar-refractivity contribution is -0.148. The smallest absolute Gasteiger partial charge is 0.331 e. The molecule has 0 N–H and O–H groups in total. The second-order valence-corrected chi connectivity index (χ2v) is 4.33. The molecule has 4 heteroatoms. The van der Waals surface area contributed by atoms with E-state index in [-0.39, 0.29) is 5.97 Å². The van der Waals surface area contributed by atoms with Crippen molar-refractivity contribution in [3.05, 3.63) is 24.3 Å². The van der Waals surface area contributed by atoms with Gasteiger partial charge in [0, 0.05) is 19.3 Å². The van der Waals surface area contributed by atoms with Gasteiger partial charge in [-0.25, -0.2) is 9.78 Å². The van der Waals surface area contributed by atoms with Crippen molar-refractivity contribution in [2.45, 2.75) is 26.4 Å². The maximum absolute atomic E-state index is 11.3. The molecule has 4 nitrogen and oxygen atoms in total. The van der Waals surface area contributed by atoms with Crippen LogP contribution < -0.4 is 0 Å². The molecule has 0 bridgehead atoms. The Labute approximate surface area is 89.6 Å². The lowest BCUT2D eigenvalue weighted by Crippen LogP contribution is -2.22. The summed E-state index contributed by atoms with van der Waals surface area (Å²) in [6.45, 7) is 5.50. The summed E-state index contributed by atoms with van der Waals surface area (Å²) in [5.41, 5.74) is 0.286. The van der Waals surface area contributed by atoms with Crippen molar-refractivity contribution in [3.63, 3.8) is 0 Å². The SMILES string of the molecule is Cn1cnc(/C=C\C(=O)OC(C)(C)C)c1. The van der Waals surface area contributed by atoms with Crippen LogP contribution in [0.25, 0.3) is 6.08 Å². The second kappa shape index (κ2) is 4.29. The molecule has 1 heterocycles. The van der Waals surface area contributed by atoms with Crippen molar-refractivity contribution in [1.29, 1.82) is 0 Å². The van der Waals surface area contributed by atoms with Gasteiger partial charge in [-0.15, -0.1) is 0 Å². The van der Waals surface area contributed by atoms with Crippen LogP contribution in [0, 0.1) is 0 Å². The second-order valence-electron chi connectivity index (χ2n) is 4.33. The standard InChI is InChI=1S/C11H16N2O2/c1-11(2,3)15-10(14)6-5-9-7-13(4)8-12-9/h5-8H,1-4H3/b6-5-. The third-order valence-electron chi connectivity index (χ3n) is 1.52. The highest BCUT2D eigenvalue weighted by Crippen LogP contribution is 2.07. The van der Waals surface area contributed by atoms with Crippen LogP contribution in [0.1, 0.15) is 26.5 Å². The number of aryl methyl sites for hydroxylation is 1. The van der Waals surface area contributed by atoms with E-state index in [9.17, 15) is 4.79 Å². The number of rotatable bonds is 2. The minimum atomic E-state index is -0.453. The number of hydrogen-bond acceptors (Lipinski definition) is 3. The van der Waals surface area contributed by atoms with E-state index < -0.39 is 5.60 Å². The molecule has 0 amide bonds. The first kappa shape index (κ1) is 11.5. The number of carbonyl (C=O) groups excluding carboxylic acids is 1. The van der Waals surface area contributed by atoms with Crippen molar-refractivity contribution in [3.8, 4) is 0 Å². The molecule has 0 aliphatic rings. The molecular formula is C11H16N2O2. The predicted molar refractivity (Wildman–Crippen MR) is 58.1 cm³/mol. The number of nitrogens with zero attached hydrogens (tertiary/aromatic N) is 2. The zero-order valence-corrected chi connectivity index (χ0v) is 9.52. The van der Waals surface area contributed by atoms with Crippen LogP contribution in [0.3, 0.4) is 0 Å². The zero-order valence-electron chi connectivity index (χ0n) is 9.52. The van der Waals surface area contributed by atoms with E-state index >= 15 is 0 Å². The number of carbonyl (C=O) groups is 1. The molecule has 1 aromatic rings. The Morgan fingerprint density at radius 2 is 2.20 bits per heavy atom. The molecule has 0 radical (unpaired) electrons. The van der Waals surface area contributed by atoms with Gasteiger partial charge in [-0.2, -0.15) is 0 Å². The van der Waals surface area contributed by atoms with E-state index in [1.165, 1.54) is 6.08 Å². The number of aromatic nitrogens is 2. The summed E-state index contributed by atoms with van der Waals surface area (Å²) in [6, 6.07) is 0. The summed E-state index contributed by atoms with van der Waals surface area (Å²) in [4.78, 5) is 15.3. The molecule has 0 atom stereocenters. The summed E-state index contributed by atoms with van der Waals surface area (Å²) in [5.74, 6) is -0.354. The Morgan fingerprint density at radius 1 is 1.53 bits per heavy atom. The van der Waals surface area contributed by atoms with Gasteiger partial charge in [-0.3, -0.25) is 0 Å². The number of imidazole rings is 1. The summed E-state index contributed by atoms with van der Waals surface area (Å²) < 4.78 is 6.92. The number of ether oxygens (including phenoxy) is 1. The maximum atomic E-state index is 11.3. The van der Waals surface area contributed by atoms with E-state index in [2.05, 4.69) is 4.98 Å². The van der Waals surface area contributed by atoms with Gasteiger partial charge in [0.05, 0.1) is 12.0 Å². The fourth-order valence-corrected chi connectivity index (χ4v) is 1.01. The van der Waals surface area contributed by atoms with E-state index in [4.69, 9.17) is 4.74 Å². The third-order valence-corrected chi connectivity index (χ3v) is 1.52. The van der Waals surface area contributed by atoms with E-state index in [1.807, 2.05) is 38.6 Å². The first-order valence-corrected chi connectivity index (χ1v) is 4.76. The van der Waals surface area contributed by atoms with Crippen LogP contribution in [0.2, 0.25) is 0 Å². The Bertz CT molecular complexity index is 372. The van der Waals surface area contributed by atoms with Crippen LogP contribution in [0.5, 0.6) is 0 Å². The van der Waals surface area contributed by atoms with Gasteiger partial charge in [0.25, 0.3) is 0 Å². The molecule has 1 rings (SSSR count). The van der Waals surface area contributed by atoms with Crippen LogP contribution >= 0.6 is 0 Å². The molecule has 0 spiro atoms. The van der Waals surface area contributed by atoms with Gasteiger partial charge in [0.2, 0.25) is 0 Å². The highest BCUT2D eigenvalue weighted by atomic mass is 16.6. The van der Waals surface area contributed by atoms with Gasteiger partial charge >= 0.3 is 5.97 Å². The summed E-state index contributed by atoms with van der Waals surface area (Å²) in [7, 11) is 1.87. The van der Waals surface area contributed by atoms with Gasteiger partial charge in [-0.05, 0) is 26.8 Å². The van der Waals surface area contributed by atoms with Crippen molar-refractivity contribution in [2.24, 2.45) is 7.05 Å². The predicted octanol–water partition coefficient (Wildman–Crippen LogP) is 1.77. The van der Waals surface area contributed by atoms with Crippen molar-refractivity contribution < 1.29 is 9.53 Å². The topological polar surface area (TPSA) is 44.1 Å². The van der Waals surface area contributed by atoms with Crippen LogP contribution in [0.15, 0.2) is 18.6 Å². The Hall–Kier alpha value is -1.58. The molecule has 15 heavy (non-hydrogen) atoms. The van der Waals surface area contributed by atoms with E-state index in [1.54, 1.807) is 12.4 Å². The molecule has 82 valence electrons. The molecular weight excluding hydrogens is 192 g/mol. The average Bonchev–Trinajstić information content (AvgIpc) is 2.45. The monoisotopic (exact) mass is 208 g/mol. The van der Waals surface area contributed by atoms with Gasteiger partial charge in [0.1, 0.15) is 5.60 Å². The molecule has 0 unspecified atom stereocenters. The molecule has 0 saturated heterocycles. The molecule has 0 fully saturated rings. The molecule has 0 aromatic carbocycles. The number of hydrogen-bond donors (Lipinski definition) is 0. The van der Waals surface area contributed by atoms with E-state index in [0.29, 0.717) is 0 Å². The highest BCUT2D eigenvalue weighted by molar-refractivity contribution is 5.86. The van der Waals surface area contributed by atoms with Gasteiger partial charge in [-0.1, -0.05) is 0 Å². The normalized spacial score (nSPS) is 12.0. The van der Waals surface area contributed by atoms with Gasteiger partial charge in [0.15, 0.2) is 0 Å². The summed E-state index contributed by atoms with van der Waals surface area (Å²) in [6.07, 6.45) is 6.51. The molecule has 1 aromatic heterocycles. The molecule has 0 aliphatic heterocycles. The Morgan fingerprint density at radius 3 is 2.67 bits per heavy atom. The minimum Gasteiger partial charge on any atom is -0.457 e. The quantitative estimate of drug-likeness (QED) is 0.549. The van der Waals surface area contributed by atoms with Gasteiger partial charge < -0.3 is 9.30 Å². The van der Waals surface area contributed by atoms with E-state index in [0.717, 1.165) is 5.69 Å². The Balaban J connectivity index is 2.55. The summed E-state index contributed by atoms with van der Waals surface area (Å²) >= 11 is 0. The average molecular weight is 208 g/mol. The zero-order chi connectivity index (χ0) is 11.5. The maximum Gasteiger partial charge on any atom is 0.331 e. The van der Waals surface area contributed by atoms with Crippen LogP contribution in [-0.4, -0.2) is 21.1 Å². The summed E-state index contributed by atoms with van der Waals surface area (Å²) in [5, 5.41) is 0. The minimum absolute atomic E-state index is 0.354. The largest absolute Gasteiger partial charge is 0.457 e. The van der Waals surface area contributed by atoms with Crippen LogP contribution in [-0.2, 0) is 16.6 Å². The van der Waals surface area contributed by atoms with Crippen molar-refractivity contribution in [2.75, 3.05) is 0 Å². The molecule has 0 saturated carbocycles. The highest BCUT2D eigenvalue weighted by Gasteiger charge is 2.13. The third kappa shape index (κ3) is 4.44.